The second-order valence-electron chi connectivity index (χ2n) is 8.09. The third-order valence-corrected chi connectivity index (χ3v) is 7.21. The predicted molar refractivity (Wildman–Crippen MR) is 103 cm³/mol. The zero-order valence-corrected chi connectivity index (χ0v) is 17.3. The summed E-state index contributed by atoms with van der Waals surface area (Å²) in [5, 5.41) is 0. The number of rotatable bonds is 3. The number of morpholine rings is 1. The van der Waals surface area contributed by atoms with Gasteiger partial charge in [-0.1, -0.05) is 6.07 Å². The largest absolute Gasteiger partial charge is 0.374 e. The minimum absolute atomic E-state index is 0.0424. The molecule has 7 nitrogen and oxygen atoms in total. The molecule has 2 aliphatic heterocycles. The van der Waals surface area contributed by atoms with Gasteiger partial charge in [0.25, 0.3) is 5.91 Å². The minimum Gasteiger partial charge on any atom is -0.374 e. The fraction of sp³-hybridized carbons (Fsp3) is 0.632. The molecule has 1 aromatic rings. The number of likely N-dealkylation sites (N-methyl/N-ethyl adjacent to an activating group) is 1. The second kappa shape index (κ2) is 7.50. The average Bonchev–Trinajstić information content (AvgIpc) is 2.63. The van der Waals surface area contributed by atoms with Crippen molar-refractivity contribution >= 4 is 15.9 Å². The van der Waals surface area contributed by atoms with Crippen molar-refractivity contribution in [3.8, 4) is 0 Å². The molecule has 0 aromatic heterocycles. The number of nitrogens with zero attached hydrogens (tertiary/aromatic N) is 3. The molecule has 1 atom stereocenters. The summed E-state index contributed by atoms with van der Waals surface area (Å²) >= 11 is 0. The van der Waals surface area contributed by atoms with Gasteiger partial charge in [0.15, 0.2) is 0 Å². The monoisotopic (exact) mass is 395 g/mol. The molecule has 0 N–H and O–H groups in total. The normalized spacial score (nSPS) is 24.7. The maximum absolute atomic E-state index is 13.1. The molecule has 0 spiro atoms. The third kappa shape index (κ3) is 4.18. The first-order valence-corrected chi connectivity index (χ1v) is 10.8. The van der Waals surface area contributed by atoms with E-state index in [0.29, 0.717) is 44.9 Å². The van der Waals surface area contributed by atoms with Gasteiger partial charge in [-0.25, -0.2) is 8.42 Å². The van der Waals surface area contributed by atoms with Gasteiger partial charge in [-0.2, -0.15) is 4.31 Å². The maximum atomic E-state index is 13.1. The van der Waals surface area contributed by atoms with Crippen molar-refractivity contribution in [1.29, 1.82) is 0 Å². The molecule has 0 radical (unpaired) electrons. The van der Waals surface area contributed by atoms with Crippen molar-refractivity contribution in [3.05, 3.63) is 29.8 Å². The summed E-state index contributed by atoms with van der Waals surface area (Å²) in [5.74, 6) is -0.162. The van der Waals surface area contributed by atoms with Gasteiger partial charge in [0.1, 0.15) is 0 Å². The highest BCUT2D eigenvalue weighted by molar-refractivity contribution is 7.89. The van der Waals surface area contributed by atoms with Gasteiger partial charge in [0.2, 0.25) is 10.0 Å². The van der Waals surface area contributed by atoms with Crippen LogP contribution in [0.4, 0.5) is 0 Å². The van der Waals surface area contributed by atoms with Gasteiger partial charge < -0.3 is 14.5 Å². The van der Waals surface area contributed by atoms with E-state index in [1.165, 1.54) is 10.4 Å². The zero-order valence-electron chi connectivity index (χ0n) is 16.5. The van der Waals surface area contributed by atoms with E-state index in [9.17, 15) is 13.2 Å². The van der Waals surface area contributed by atoms with Crippen LogP contribution in [0.25, 0.3) is 0 Å². The van der Waals surface area contributed by atoms with Gasteiger partial charge in [-0.05, 0) is 46.0 Å². The van der Waals surface area contributed by atoms with Gasteiger partial charge in [-0.3, -0.25) is 4.79 Å². The van der Waals surface area contributed by atoms with Crippen LogP contribution in [0.1, 0.15) is 31.1 Å². The van der Waals surface area contributed by atoms with E-state index in [1.54, 1.807) is 23.1 Å². The molecule has 3 rings (SSSR count). The summed E-state index contributed by atoms with van der Waals surface area (Å²) in [5.41, 5.74) is -0.0389. The topological polar surface area (TPSA) is 70.2 Å². The molecule has 0 aliphatic carbocycles. The lowest BCUT2D eigenvalue weighted by atomic mass is 9.99. The van der Waals surface area contributed by atoms with Crippen LogP contribution in [0, 0.1) is 0 Å². The summed E-state index contributed by atoms with van der Waals surface area (Å²) in [4.78, 5) is 17.2. The van der Waals surface area contributed by atoms with Crippen molar-refractivity contribution in [1.82, 2.24) is 14.1 Å². The first kappa shape index (κ1) is 20.3. The number of benzene rings is 1. The van der Waals surface area contributed by atoms with Crippen molar-refractivity contribution in [2.45, 2.75) is 37.3 Å². The Hall–Kier alpha value is -1.48. The Labute approximate surface area is 161 Å². The number of hydrogen-bond donors (Lipinski definition) is 0. The molecule has 0 saturated carbocycles. The number of carbonyl (C=O) groups excluding carboxylic acids is 1. The van der Waals surface area contributed by atoms with E-state index >= 15 is 0 Å². The van der Waals surface area contributed by atoms with Gasteiger partial charge in [0.05, 0.1) is 23.1 Å². The van der Waals surface area contributed by atoms with Crippen LogP contribution in [-0.2, 0) is 14.8 Å². The summed E-state index contributed by atoms with van der Waals surface area (Å²) in [6, 6.07) is 6.40. The minimum atomic E-state index is -3.60. The molecular weight excluding hydrogens is 366 g/mol. The summed E-state index contributed by atoms with van der Waals surface area (Å²) < 4.78 is 33.1. The summed E-state index contributed by atoms with van der Waals surface area (Å²) in [6.45, 7) is 9.14. The number of hydrogen-bond acceptors (Lipinski definition) is 5. The Morgan fingerprint density at radius 3 is 2.52 bits per heavy atom. The highest BCUT2D eigenvalue weighted by atomic mass is 32.2. The lowest BCUT2D eigenvalue weighted by Crippen LogP contribution is -2.57. The molecule has 0 bridgehead atoms. The number of ether oxygens (including phenoxy) is 1. The van der Waals surface area contributed by atoms with Crippen LogP contribution in [0.2, 0.25) is 0 Å². The molecule has 27 heavy (non-hydrogen) atoms. The highest BCUT2D eigenvalue weighted by Crippen LogP contribution is 2.26. The van der Waals surface area contributed by atoms with Crippen molar-refractivity contribution in [2.75, 3.05) is 46.4 Å². The second-order valence-corrected chi connectivity index (χ2v) is 10.0. The van der Waals surface area contributed by atoms with E-state index in [4.69, 9.17) is 4.74 Å². The Bertz CT molecular complexity index is 801. The van der Waals surface area contributed by atoms with Crippen LogP contribution < -0.4 is 0 Å². The van der Waals surface area contributed by atoms with E-state index in [2.05, 4.69) is 4.90 Å². The van der Waals surface area contributed by atoms with Crippen LogP contribution in [0.3, 0.4) is 0 Å². The summed E-state index contributed by atoms with van der Waals surface area (Å²) in [7, 11) is -1.62. The van der Waals surface area contributed by atoms with Crippen molar-refractivity contribution in [2.24, 2.45) is 0 Å². The zero-order chi connectivity index (χ0) is 19.8. The predicted octanol–water partition coefficient (Wildman–Crippen LogP) is 1.26. The van der Waals surface area contributed by atoms with Crippen LogP contribution in [0.15, 0.2) is 29.2 Å². The van der Waals surface area contributed by atoms with Crippen molar-refractivity contribution in [3.63, 3.8) is 0 Å². The van der Waals surface area contributed by atoms with Gasteiger partial charge in [0, 0.05) is 38.3 Å². The van der Waals surface area contributed by atoms with E-state index in [0.717, 1.165) is 0 Å². The Morgan fingerprint density at radius 1 is 1.19 bits per heavy atom. The molecule has 1 amide bonds. The van der Waals surface area contributed by atoms with Crippen molar-refractivity contribution < 1.29 is 17.9 Å². The van der Waals surface area contributed by atoms with Crippen LogP contribution in [0.5, 0.6) is 0 Å². The Kier molecular flexibility index (Phi) is 5.63. The third-order valence-electron chi connectivity index (χ3n) is 5.32. The smallest absolute Gasteiger partial charge is 0.254 e. The maximum Gasteiger partial charge on any atom is 0.254 e. The number of carbonyl (C=O) groups is 1. The molecule has 8 heteroatoms. The highest BCUT2D eigenvalue weighted by Gasteiger charge is 2.37. The molecule has 2 heterocycles. The fourth-order valence-electron chi connectivity index (χ4n) is 3.46. The summed E-state index contributed by atoms with van der Waals surface area (Å²) in [6.07, 6.45) is -0.0424. The Balaban J connectivity index is 1.86. The number of piperazine rings is 1. The molecule has 2 saturated heterocycles. The fourth-order valence-corrected chi connectivity index (χ4v) is 4.93. The molecular formula is C19H29N3O4S. The first-order chi connectivity index (χ1) is 12.6. The molecule has 150 valence electrons. The lowest BCUT2D eigenvalue weighted by molar-refractivity contribution is -0.0756. The molecule has 1 unspecified atom stereocenters. The molecule has 2 fully saturated rings. The standard InChI is InChI=1S/C19H29N3O4S/c1-15-13-22(19(2,3)14-26-15)18(23)16-6-5-7-17(12-16)27(24,25)21-10-8-20(4)9-11-21/h5-7,12,15H,8-11,13-14H2,1-4H3. The van der Waals surface area contributed by atoms with Gasteiger partial charge in [-0.15, -0.1) is 0 Å². The van der Waals surface area contributed by atoms with Gasteiger partial charge >= 0.3 is 0 Å². The number of amides is 1. The molecule has 2 aliphatic rings. The van der Waals surface area contributed by atoms with E-state index < -0.39 is 15.6 Å². The van der Waals surface area contributed by atoms with Crippen LogP contribution >= 0.6 is 0 Å². The molecule has 1 aromatic carbocycles. The number of sulfonamides is 1. The Morgan fingerprint density at radius 2 is 1.85 bits per heavy atom. The average molecular weight is 396 g/mol. The SMILES string of the molecule is CC1CN(C(=O)c2cccc(S(=O)(=O)N3CCN(C)CC3)c2)C(C)(C)CO1. The quantitative estimate of drug-likeness (QED) is 0.771. The first-order valence-electron chi connectivity index (χ1n) is 9.33. The van der Waals surface area contributed by atoms with Crippen LogP contribution in [-0.4, -0.2) is 86.5 Å². The lowest BCUT2D eigenvalue weighted by Gasteiger charge is -2.44. The van der Waals surface area contributed by atoms with E-state index in [1.807, 2.05) is 27.8 Å². The van der Waals surface area contributed by atoms with E-state index in [-0.39, 0.29) is 16.9 Å².